The lowest BCUT2D eigenvalue weighted by molar-refractivity contribution is -0.153. The second kappa shape index (κ2) is 11.9. The molecule has 3 fully saturated rings. The Bertz CT molecular complexity index is 1470. The lowest BCUT2D eigenvalue weighted by atomic mass is 9.98. The number of hydrogen-bond donors (Lipinski definition) is 9. The monoisotopic (exact) mass is 642 g/mol. The van der Waals surface area contributed by atoms with Gasteiger partial charge in [0.25, 0.3) is 11.8 Å². The molecule has 1 aromatic rings. The summed E-state index contributed by atoms with van der Waals surface area (Å²) in [5.41, 5.74) is 3.67. The highest BCUT2D eigenvalue weighted by Crippen LogP contribution is 2.40. The Balaban J connectivity index is 1.25. The summed E-state index contributed by atoms with van der Waals surface area (Å²) >= 11 is 1.11. The number of carbonyl (C=O) groups is 3. The maximum atomic E-state index is 13.3. The first-order chi connectivity index (χ1) is 20.4. The molecule has 1 saturated carbocycles. The van der Waals surface area contributed by atoms with Gasteiger partial charge in [-0.1, -0.05) is 16.9 Å². The number of hydrogen-bond acceptors (Lipinski definition) is 14. The Morgan fingerprint density at radius 3 is 2.65 bits per heavy atom. The Kier molecular flexibility index (Phi) is 8.47. The summed E-state index contributed by atoms with van der Waals surface area (Å²) in [5, 5.41) is 44.9. The van der Waals surface area contributed by atoms with Crippen molar-refractivity contribution in [3.05, 3.63) is 23.0 Å². The molecule has 3 unspecified atom stereocenters. The van der Waals surface area contributed by atoms with Crippen LogP contribution in [0.5, 0.6) is 0 Å². The van der Waals surface area contributed by atoms with Crippen molar-refractivity contribution in [2.45, 2.75) is 49.1 Å². The molecule has 3 aliphatic heterocycles. The van der Waals surface area contributed by atoms with Crippen LogP contribution in [0, 0.1) is 11.3 Å². The standard InChI is InChI=1S/C21H30N12O8S2/c22-19(25-5-10-3-24-4-10)26-6-11-7-27-32(30-11)8-13-15(17(35)33(13)43(38,39)40)29-16(34)14(12-9-42-20(23)28-12)31-41-21(1-2-21)18(36)37/h7,9-10,13,15,20,24,28H,1-6,8,23H2,(H,29,34)(H,36,37)(H3,22,25,26)(H,38,39,40)/b31-14-. The number of nitrogens with one attached hydrogen (secondary N) is 6. The molecule has 4 aliphatic rings. The molecule has 10 N–H and O–H groups in total. The number of oxime groups is 1. The fourth-order valence-electron chi connectivity index (χ4n) is 4.29. The van der Waals surface area contributed by atoms with E-state index < -0.39 is 57.0 Å². The molecule has 3 atom stereocenters. The summed E-state index contributed by atoms with van der Waals surface area (Å²) in [6.45, 7) is 2.19. The van der Waals surface area contributed by atoms with Crippen molar-refractivity contribution in [3.8, 4) is 0 Å². The van der Waals surface area contributed by atoms with E-state index in [2.05, 4.69) is 41.9 Å². The number of aliphatic carboxylic acids is 1. The predicted molar refractivity (Wildman–Crippen MR) is 148 cm³/mol. The van der Waals surface area contributed by atoms with Gasteiger partial charge in [-0.2, -0.15) is 23.4 Å². The van der Waals surface area contributed by atoms with Crippen LogP contribution in [0.3, 0.4) is 0 Å². The van der Waals surface area contributed by atoms with Gasteiger partial charge in [0.2, 0.25) is 5.60 Å². The smallest absolute Gasteiger partial charge is 0.362 e. The summed E-state index contributed by atoms with van der Waals surface area (Å²) in [6.07, 6.45) is 1.73. The molecule has 234 valence electrons. The number of carboxylic acid groups (broad SMARTS) is 1. The molecule has 1 aromatic heterocycles. The van der Waals surface area contributed by atoms with Gasteiger partial charge in [-0.3, -0.25) is 19.6 Å². The van der Waals surface area contributed by atoms with Gasteiger partial charge in [0, 0.05) is 43.8 Å². The number of carbonyl (C=O) groups excluding carboxylic acids is 2. The number of nitrogens with two attached hydrogens (primary N) is 1. The normalized spacial score (nSPS) is 24.7. The maximum absolute atomic E-state index is 13.3. The lowest BCUT2D eigenvalue weighted by Crippen LogP contribution is -2.73. The second-order valence-electron chi connectivity index (χ2n) is 10.2. The molecule has 2 saturated heterocycles. The van der Waals surface area contributed by atoms with E-state index in [9.17, 15) is 32.5 Å². The summed E-state index contributed by atoms with van der Waals surface area (Å²) in [6, 6.07) is -2.78. The molecular formula is C21H30N12O8S2. The lowest BCUT2D eigenvalue weighted by Gasteiger charge is -2.43. The fraction of sp³-hybridized carbons (Fsp3) is 0.571. The van der Waals surface area contributed by atoms with E-state index >= 15 is 0 Å². The first-order valence-corrected chi connectivity index (χ1v) is 15.4. The van der Waals surface area contributed by atoms with Gasteiger partial charge < -0.3 is 42.3 Å². The fourth-order valence-corrected chi connectivity index (χ4v) is 5.82. The second-order valence-corrected chi connectivity index (χ2v) is 12.5. The van der Waals surface area contributed by atoms with Crippen LogP contribution >= 0.6 is 11.8 Å². The van der Waals surface area contributed by atoms with Gasteiger partial charge in [-0.25, -0.2) is 9.10 Å². The van der Waals surface area contributed by atoms with Crippen molar-refractivity contribution in [2.75, 3.05) is 19.6 Å². The zero-order valence-corrected chi connectivity index (χ0v) is 24.0. The Morgan fingerprint density at radius 1 is 1.33 bits per heavy atom. The summed E-state index contributed by atoms with van der Waals surface area (Å²) in [4.78, 5) is 43.8. The van der Waals surface area contributed by atoms with Crippen molar-refractivity contribution in [3.63, 3.8) is 0 Å². The first-order valence-electron chi connectivity index (χ1n) is 13.0. The molecule has 22 heteroatoms. The highest BCUT2D eigenvalue weighted by Gasteiger charge is 2.56. The molecule has 43 heavy (non-hydrogen) atoms. The highest BCUT2D eigenvalue weighted by atomic mass is 32.2. The third kappa shape index (κ3) is 6.82. The third-order valence-corrected chi connectivity index (χ3v) is 8.76. The number of aromatic nitrogens is 3. The average molecular weight is 643 g/mol. The number of carboxylic acids is 1. The molecule has 1 aliphatic carbocycles. The van der Waals surface area contributed by atoms with E-state index in [1.165, 1.54) is 11.6 Å². The molecular weight excluding hydrogens is 612 g/mol. The Morgan fingerprint density at radius 2 is 2.07 bits per heavy atom. The van der Waals surface area contributed by atoms with Gasteiger partial charge in [-0.05, 0) is 0 Å². The van der Waals surface area contributed by atoms with Gasteiger partial charge in [0.15, 0.2) is 11.7 Å². The molecule has 0 radical (unpaired) electrons. The maximum Gasteiger partial charge on any atom is 0.362 e. The van der Waals surface area contributed by atoms with E-state index in [0.29, 0.717) is 18.2 Å². The van der Waals surface area contributed by atoms with Crippen molar-refractivity contribution < 1.29 is 37.3 Å². The topological polar surface area (TPSA) is 291 Å². The largest absolute Gasteiger partial charge is 0.478 e. The van der Waals surface area contributed by atoms with Crippen molar-refractivity contribution in [1.29, 1.82) is 5.41 Å². The molecule has 20 nitrogen and oxygen atoms in total. The van der Waals surface area contributed by atoms with Crippen LogP contribution in [0.15, 0.2) is 22.5 Å². The number of β-lactam (4-membered cyclic amide) rings is 1. The SMILES string of the molecule is N=C(NCc1cnn(CC2C(NC(=O)/C(=N\OC3(C(=O)O)CC3)C3=CSC(N)N3)C(=O)N2S(=O)(=O)O)n1)NCC1CNC1. The van der Waals surface area contributed by atoms with Gasteiger partial charge in [0.05, 0.1) is 25.0 Å². The van der Waals surface area contributed by atoms with Gasteiger partial charge in [-0.15, -0.1) is 0 Å². The third-order valence-electron chi connectivity index (χ3n) is 7.02. The Labute approximate surface area is 248 Å². The minimum Gasteiger partial charge on any atom is -0.478 e. The number of nitrogens with zero attached hydrogens (tertiary/aromatic N) is 5. The zero-order chi connectivity index (χ0) is 30.9. The van der Waals surface area contributed by atoms with Crippen LogP contribution < -0.4 is 32.3 Å². The van der Waals surface area contributed by atoms with Crippen LogP contribution in [-0.2, 0) is 42.6 Å². The zero-order valence-electron chi connectivity index (χ0n) is 22.4. The van der Waals surface area contributed by atoms with E-state index in [0.717, 1.165) is 29.6 Å². The molecule has 0 aromatic carbocycles. The molecule has 5 rings (SSSR count). The summed E-state index contributed by atoms with van der Waals surface area (Å²) in [7, 11) is -5.01. The minimum atomic E-state index is -5.01. The summed E-state index contributed by atoms with van der Waals surface area (Å²) < 4.78 is 33.8. The molecule has 0 spiro atoms. The average Bonchev–Trinajstić information content (AvgIpc) is 3.37. The number of guanidine groups is 1. The minimum absolute atomic E-state index is 0.0926. The van der Waals surface area contributed by atoms with E-state index in [1.807, 2.05) is 0 Å². The first kappa shape index (κ1) is 30.5. The van der Waals surface area contributed by atoms with Crippen LogP contribution in [0.1, 0.15) is 18.5 Å². The van der Waals surface area contributed by atoms with Crippen LogP contribution in [-0.4, -0.2) is 110 Å². The molecule has 2 amide bonds. The van der Waals surface area contributed by atoms with Crippen molar-refractivity contribution in [2.24, 2.45) is 16.8 Å². The quantitative estimate of drug-likeness (QED) is 0.0326. The van der Waals surface area contributed by atoms with Gasteiger partial charge in [0.1, 0.15) is 23.3 Å². The van der Waals surface area contributed by atoms with Crippen LogP contribution in [0.2, 0.25) is 0 Å². The number of rotatable bonds is 13. The van der Waals surface area contributed by atoms with Crippen molar-refractivity contribution in [1.82, 2.24) is 45.9 Å². The predicted octanol–water partition coefficient (Wildman–Crippen LogP) is -3.98. The van der Waals surface area contributed by atoms with E-state index in [-0.39, 0.29) is 41.9 Å². The number of thioether (sulfide) groups is 1. The molecule has 0 bridgehead atoms. The number of amides is 2. The highest BCUT2D eigenvalue weighted by molar-refractivity contribution is 8.02. The Hall–Kier alpha value is -3.99. The van der Waals surface area contributed by atoms with Crippen LogP contribution in [0.25, 0.3) is 0 Å². The molecule has 4 heterocycles. The van der Waals surface area contributed by atoms with E-state index in [1.54, 1.807) is 0 Å². The van der Waals surface area contributed by atoms with E-state index in [4.69, 9.17) is 16.0 Å². The van der Waals surface area contributed by atoms with Gasteiger partial charge >= 0.3 is 16.3 Å². The summed E-state index contributed by atoms with van der Waals surface area (Å²) in [5.74, 6) is -2.83. The van der Waals surface area contributed by atoms with Crippen LogP contribution in [0.4, 0.5) is 0 Å². The van der Waals surface area contributed by atoms with Crippen molar-refractivity contribution >= 4 is 51.5 Å².